The van der Waals surface area contributed by atoms with E-state index in [2.05, 4.69) is 31.4 Å². The molecule has 8 heteroatoms. The normalized spacial score (nSPS) is 15.6. The van der Waals surface area contributed by atoms with Crippen molar-refractivity contribution in [1.29, 1.82) is 0 Å². The van der Waals surface area contributed by atoms with E-state index in [9.17, 15) is 14.4 Å². The van der Waals surface area contributed by atoms with Crippen LogP contribution in [-0.4, -0.2) is 53.5 Å². The third-order valence-corrected chi connectivity index (χ3v) is 6.61. The Kier molecular flexibility index (Phi) is 12.7. The number of amides is 2. The van der Waals surface area contributed by atoms with E-state index in [1.165, 1.54) is 32.1 Å². The zero-order valence-electron chi connectivity index (χ0n) is 21.4. The van der Waals surface area contributed by atoms with Crippen LogP contribution in [0, 0.1) is 0 Å². The van der Waals surface area contributed by atoms with Gasteiger partial charge in [0.25, 0.3) is 5.91 Å². The monoisotopic (exact) mass is 503 g/mol. The summed E-state index contributed by atoms with van der Waals surface area (Å²) in [6.07, 6.45) is 9.20. The molecule has 1 unspecified atom stereocenters. The molecular weight excluding hydrogens is 462 g/mol. The average molecular weight is 504 g/mol. The summed E-state index contributed by atoms with van der Waals surface area (Å²) < 4.78 is 5.37. The number of carbonyl (C=O) groups excluding carboxylic acids is 3. The molecule has 1 fully saturated rings. The van der Waals surface area contributed by atoms with Gasteiger partial charge >= 0.3 is 5.97 Å². The number of hydrogen-bond acceptors (Lipinski definition) is 5. The minimum absolute atomic E-state index is 0.109. The van der Waals surface area contributed by atoms with E-state index >= 15 is 0 Å². The largest absolute Gasteiger partial charge is 0.466 e. The Morgan fingerprint density at radius 1 is 1.09 bits per heavy atom. The Labute approximate surface area is 215 Å². The van der Waals surface area contributed by atoms with Gasteiger partial charge < -0.3 is 15.0 Å². The van der Waals surface area contributed by atoms with E-state index in [0.29, 0.717) is 31.2 Å². The number of thiocarbonyl (C=S) groups is 1. The Morgan fingerprint density at radius 2 is 1.71 bits per heavy atom. The van der Waals surface area contributed by atoms with Gasteiger partial charge in [-0.05, 0) is 42.3 Å². The number of benzene rings is 1. The van der Waals surface area contributed by atoms with Crippen LogP contribution in [0.2, 0.25) is 0 Å². The molecule has 1 atom stereocenters. The lowest BCUT2D eigenvalue weighted by Crippen LogP contribution is -2.60. The maximum Gasteiger partial charge on any atom is 0.308 e. The fourth-order valence-corrected chi connectivity index (χ4v) is 4.37. The molecule has 0 aromatic heterocycles. The first-order valence-electron chi connectivity index (χ1n) is 13.0. The van der Waals surface area contributed by atoms with Gasteiger partial charge in [-0.25, -0.2) is 0 Å². The van der Waals surface area contributed by atoms with Crippen LogP contribution in [0.25, 0.3) is 0 Å². The molecule has 1 aliphatic rings. The van der Waals surface area contributed by atoms with Crippen LogP contribution >= 0.6 is 12.2 Å². The topological polar surface area (TPSA) is 87.7 Å². The zero-order valence-corrected chi connectivity index (χ0v) is 22.3. The van der Waals surface area contributed by atoms with Crippen molar-refractivity contribution in [2.75, 3.05) is 19.7 Å². The van der Waals surface area contributed by atoms with Crippen LogP contribution in [0.5, 0.6) is 0 Å². The van der Waals surface area contributed by atoms with Crippen LogP contribution < -0.4 is 10.6 Å². The molecule has 0 radical (unpaired) electrons. The Hall–Kier alpha value is -2.48. The Morgan fingerprint density at radius 3 is 2.34 bits per heavy atom. The summed E-state index contributed by atoms with van der Waals surface area (Å²) in [6.45, 7) is 7.55. The molecule has 0 aliphatic carbocycles. The third-order valence-electron chi connectivity index (χ3n) is 6.27. The minimum Gasteiger partial charge on any atom is -0.466 e. The van der Waals surface area contributed by atoms with Crippen LogP contribution in [0.15, 0.2) is 24.3 Å². The van der Waals surface area contributed by atoms with Crippen molar-refractivity contribution in [3.8, 4) is 0 Å². The molecule has 194 valence electrons. The van der Waals surface area contributed by atoms with Crippen molar-refractivity contribution in [3.05, 3.63) is 35.4 Å². The molecule has 2 N–H and O–H groups in total. The summed E-state index contributed by atoms with van der Waals surface area (Å²) >= 11 is 5.44. The molecule has 7 nitrogen and oxygen atoms in total. The van der Waals surface area contributed by atoms with Crippen molar-refractivity contribution in [3.63, 3.8) is 0 Å². The first kappa shape index (κ1) is 28.8. The molecule has 0 spiro atoms. The van der Waals surface area contributed by atoms with Crippen molar-refractivity contribution >= 4 is 35.1 Å². The van der Waals surface area contributed by atoms with Gasteiger partial charge in [-0.1, -0.05) is 77.8 Å². The third kappa shape index (κ3) is 9.96. The van der Waals surface area contributed by atoms with Crippen molar-refractivity contribution in [2.24, 2.45) is 0 Å². The number of unbranched alkanes of at least 4 members (excludes halogenated alkanes) is 7. The maximum absolute atomic E-state index is 12.7. The predicted molar refractivity (Wildman–Crippen MR) is 142 cm³/mol. The van der Waals surface area contributed by atoms with Gasteiger partial charge in [0, 0.05) is 18.7 Å². The van der Waals surface area contributed by atoms with Crippen molar-refractivity contribution in [1.82, 2.24) is 15.5 Å². The zero-order chi connectivity index (χ0) is 25.6. The van der Waals surface area contributed by atoms with Gasteiger partial charge in [-0.2, -0.15) is 0 Å². The molecule has 1 heterocycles. The molecular formula is C27H41N3O4S. The second-order valence-corrected chi connectivity index (χ2v) is 9.82. The van der Waals surface area contributed by atoms with Crippen LogP contribution in [0.4, 0.5) is 0 Å². The molecule has 1 aromatic rings. The highest BCUT2D eigenvalue weighted by molar-refractivity contribution is 7.80. The second kappa shape index (κ2) is 15.5. The molecule has 1 aliphatic heterocycles. The standard InChI is InChI=1S/C27H41N3O4S/c1-4-5-6-7-8-9-10-11-18-34-24(31)19-23-26(33)28-16-17-30(23)27(35)29-25(32)22-14-12-21(13-15-22)20(2)3/h12-15,20,23H,4-11,16-19H2,1-3H3,(H,28,33)(H,29,32,35). The van der Waals surface area contributed by atoms with E-state index in [-0.39, 0.29) is 23.3 Å². The smallest absolute Gasteiger partial charge is 0.308 e. The summed E-state index contributed by atoms with van der Waals surface area (Å²) in [6, 6.07) is 6.56. The highest BCUT2D eigenvalue weighted by atomic mass is 32.1. The molecule has 35 heavy (non-hydrogen) atoms. The number of ether oxygens (including phenoxy) is 1. The number of hydrogen-bond donors (Lipinski definition) is 2. The van der Waals surface area contributed by atoms with Gasteiger partial charge in [0.05, 0.1) is 13.0 Å². The summed E-state index contributed by atoms with van der Waals surface area (Å²) in [5.74, 6) is -0.694. The van der Waals surface area contributed by atoms with Gasteiger partial charge in [0.15, 0.2) is 5.11 Å². The molecule has 1 saturated heterocycles. The van der Waals surface area contributed by atoms with Crippen molar-refractivity contribution < 1.29 is 19.1 Å². The summed E-state index contributed by atoms with van der Waals surface area (Å²) in [5.41, 5.74) is 1.63. The van der Waals surface area contributed by atoms with E-state index in [4.69, 9.17) is 17.0 Å². The van der Waals surface area contributed by atoms with Gasteiger partial charge in [0.1, 0.15) is 6.04 Å². The van der Waals surface area contributed by atoms with E-state index in [1.807, 2.05) is 12.1 Å². The molecule has 0 bridgehead atoms. The number of rotatable bonds is 13. The second-order valence-electron chi connectivity index (χ2n) is 9.44. The lowest BCUT2D eigenvalue weighted by molar-refractivity contribution is -0.147. The number of nitrogens with one attached hydrogen (secondary N) is 2. The highest BCUT2D eigenvalue weighted by Gasteiger charge is 2.34. The molecule has 2 amide bonds. The molecule has 2 rings (SSSR count). The summed E-state index contributed by atoms with van der Waals surface area (Å²) in [4.78, 5) is 39.2. The quantitative estimate of drug-likeness (QED) is 0.231. The first-order valence-corrected chi connectivity index (χ1v) is 13.4. The fraction of sp³-hybridized carbons (Fsp3) is 0.630. The first-order chi connectivity index (χ1) is 16.8. The molecule has 0 saturated carbocycles. The van der Waals surface area contributed by atoms with E-state index in [1.54, 1.807) is 17.0 Å². The molecule has 1 aromatic carbocycles. The van der Waals surface area contributed by atoms with Gasteiger partial charge in [-0.15, -0.1) is 0 Å². The van der Waals surface area contributed by atoms with Crippen LogP contribution in [0.3, 0.4) is 0 Å². The summed E-state index contributed by atoms with van der Waals surface area (Å²) in [7, 11) is 0. The number of piperazine rings is 1. The van der Waals surface area contributed by atoms with Crippen LogP contribution in [-0.2, 0) is 14.3 Å². The van der Waals surface area contributed by atoms with Crippen molar-refractivity contribution in [2.45, 2.75) is 90.5 Å². The van der Waals surface area contributed by atoms with Crippen LogP contribution in [0.1, 0.15) is 100 Å². The Balaban J connectivity index is 1.80. The Bertz CT molecular complexity index is 841. The highest BCUT2D eigenvalue weighted by Crippen LogP contribution is 2.16. The fourth-order valence-electron chi connectivity index (χ4n) is 4.06. The van der Waals surface area contributed by atoms with E-state index in [0.717, 1.165) is 24.8 Å². The number of esters is 1. The number of carbonyl (C=O) groups is 3. The van der Waals surface area contributed by atoms with E-state index < -0.39 is 12.0 Å². The number of nitrogens with zero attached hydrogens (tertiary/aromatic N) is 1. The average Bonchev–Trinajstić information content (AvgIpc) is 2.84. The van der Waals surface area contributed by atoms with Gasteiger partial charge in [0.2, 0.25) is 5.91 Å². The maximum atomic E-state index is 12.7. The summed E-state index contributed by atoms with van der Waals surface area (Å²) in [5, 5.41) is 5.62. The lowest BCUT2D eigenvalue weighted by atomic mass is 10.0. The minimum atomic E-state index is -0.800. The predicted octanol–water partition coefficient (Wildman–Crippen LogP) is 4.70. The lowest BCUT2D eigenvalue weighted by Gasteiger charge is -2.36. The van der Waals surface area contributed by atoms with Gasteiger partial charge in [-0.3, -0.25) is 19.7 Å². The SMILES string of the molecule is CCCCCCCCCCOC(=O)CC1C(=O)NCCN1C(=S)NC(=O)c1ccc(C(C)C)cc1.